The maximum absolute atomic E-state index is 11.9. The Hall–Kier alpha value is -2.22. The SMILES string of the molecule is Cc1ccc(NC(=O)CCC(=O)NN=Cc2ccc(I)cc2)cc1C. The number of nitrogens with one attached hydrogen (secondary N) is 2. The molecule has 0 saturated carbocycles. The van der Waals surface area contributed by atoms with Crippen molar-refractivity contribution < 1.29 is 9.59 Å². The van der Waals surface area contributed by atoms with Gasteiger partial charge in [-0.25, -0.2) is 5.43 Å². The van der Waals surface area contributed by atoms with Crippen molar-refractivity contribution in [2.75, 3.05) is 5.32 Å². The Morgan fingerprint density at radius 3 is 2.36 bits per heavy atom. The van der Waals surface area contributed by atoms with Gasteiger partial charge in [-0.1, -0.05) is 18.2 Å². The van der Waals surface area contributed by atoms with Crippen LogP contribution in [0.3, 0.4) is 0 Å². The molecule has 0 aliphatic heterocycles. The number of nitrogens with zero attached hydrogens (tertiary/aromatic N) is 1. The van der Waals surface area contributed by atoms with E-state index in [1.165, 1.54) is 5.56 Å². The smallest absolute Gasteiger partial charge is 0.240 e. The van der Waals surface area contributed by atoms with E-state index in [0.29, 0.717) is 0 Å². The first-order valence-corrected chi connectivity index (χ1v) is 8.96. The highest BCUT2D eigenvalue weighted by molar-refractivity contribution is 14.1. The first kappa shape index (κ1) is 19.1. The molecular formula is C19H20IN3O2. The van der Waals surface area contributed by atoms with Crippen LogP contribution in [-0.2, 0) is 9.59 Å². The van der Waals surface area contributed by atoms with Crippen LogP contribution in [0.4, 0.5) is 5.69 Å². The second-order valence-corrected chi connectivity index (χ2v) is 6.94. The lowest BCUT2D eigenvalue weighted by Gasteiger charge is -2.07. The Morgan fingerprint density at radius 2 is 1.68 bits per heavy atom. The number of hydrogen-bond donors (Lipinski definition) is 2. The zero-order valence-electron chi connectivity index (χ0n) is 14.2. The molecule has 2 amide bonds. The predicted molar refractivity (Wildman–Crippen MR) is 109 cm³/mol. The molecule has 2 rings (SSSR count). The van der Waals surface area contributed by atoms with Crippen LogP contribution in [0.1, 0.15) is 29.5 Å². The van der Waals surface area contributed by atoms with Crippen molar-refractivity contribution in [2.24, 2.45) is 5.10 Å². The summed E-state index contributed by atoms with van der Waals surface area (Å²) < 4.78 is 1.13. The van der Waals surface area contributed by atoms with E-state index >= 15 is 0 Å². The van der Waals surface area contributed by atoms with Crippen molar-refractivity contribution >= 4 is 46.3 Å². The van der Waals surface area contributed by atoms with Crippen molar-refractivity contribution in [3.63, 3.8) is 0 Å². The molecular weight excluding hydrogens is 429 g/mol. The minimum atomic E-state index is -0.294. The first-order valence-electron chi connectivity index (χ1n) is 7.88. The van der Waals surface area contributed by atoms with Crippen LogP contribution in [0, 0.1) is 17.4 Å². The largest absolute Gasteiger partial charge is 0.326 e. The average Bonchev–Trinajstić information content (AvgIpc) is 2.58. The van der Waals surface area contributed by atoms with Gasteiger partial charge in [0.05, 0.1) is 6.21 Å². The van der Waals surface area contributed by atoms with Gasteiger partial charge in [0, 0.05) is 22.1 Å². The summed E-state index contributed by atoms with van der Waals surface area (Å²) in [4.78, 5) is 23.6. The normalized spacial score (nSPS) is 10.7. The summed E-state index contributed by atoms with van der Waals surface area (Å²) in [6, 6.07) is 13.5. The molecule has 0 aliphatic rings. The van der Waals surface area contributed by atoms with Crippen LogP contribution in [0.2, 0.25) is 0 Å². The third-order valence-corrected chi connectivity index (χ3v) is 4.36. The molecule has 0 spiro atoms. The molecule has 0 unspecified atom stereocenters. The van der Waals surface area contributed by atoms with E-state index in [2.05, 4.69) is 38.4 Å². The number of aryl methyl sites for hydroxylation is 2. The van der Waals surface area contributed by atoms with E-state index in [0.717, 1.165) is 20.4 Å². The second kappa shape index (κ2) is 9.31. The van der Waals surface area contributed by atoms with E-state index in [1.54, 1.807) is 6.21 Å². The van der Waals surface area contributed by atoms with E-state index in [4.69, 9.17) is 0 Å². The molecule has 5 nitrogen and oxygen atoms in total. The number of hydrazone groups is 1. The molecule has 25 heavy (non-hydrogen) atoms. The average molecular weight is 449 g/mol. The summed E-state index contributed by atoms with van der Waals surface area (Å²) >= 11 is 2.22. The first-order chi connectivity index (χ1) is 11.9. The maximum atomic E-state index is 11.9. The summed E-state index contributed by atoms with van der Waals surface area (Å²) in [6.45, 7) is 4.01. The maximum Gasteiger partial charge on any atom is 0.240 e. The van der Waals surface area contributed by atoms with Gasteiger partial charge in [0.2, 0.25) is 11.8 Å². The quantitative estimate of drug-likeness (QED) is 0.401. The monoisotopic (exact) mass is 449 g/mol. The number of amides is 2. The third-order valence-electron chi connectivity index (χ3n) is 3.64. The summed E-state index contributed by atoms with van der Waals surface area (Å²) in [6.07, 6.45) is 1.77. The van der Waals surface area contributed by atoms with E-state index in [-0.39, 0.29) is 24.7 Å². The number of rotatable bonds is 6. The Balaban J connectivity index is 1.74. The number of halogens is 1. The van der Waals surface area contributed by atoms with E-state index < -0.39 is 0 Å². The van der Waals surface area contributed by atoms with Crippen LogP contribution in [0.5, 0.6) is 0 Å². The van der Waals surface area contributed by atoms with Gasteiger partial charge in [0.15, 0.2) is 0 Å². The van der Waals surface area contributed by atoms with Gasteiger partial charge in [-0.05, 0) is 77.4 Å². The number of benzene rings is 2. The van der Waals surface area contributed by atoms with Crippen molar-refractivity contribution in [1.29, 1.82) is 0 Å². The zero-order valence-corrected chi connectivity index (χ0v) is 16.3. The Labute approximate surface area is 161 Å². The minimum Gasteiger partial charge on any atom is -0.326 e. The Morgan fingerprint density at radius 1 is 1.00 bits per heavy atom. The summed E-state index contributed by atoms with van der Waals surface area (Å²) in [5.41, 5.74) is 6.35. The number of hydrogen-bond acceptors (Lipinski definition) is 3. The lowest BCUT2D eigenvalue weighted by molar-refractivity contribution is -0.124. The molecule has 0 saturated heterocycles. The standard InChI is InChI=1S/C19H20IN3O2/c1-13-3-8-17(11-14(13)2)22-18(24)9-10-19(25)23-21-12-15-4-6-16(20)7-5-15/h3-8,11-12H,9-10H2,1-2H3,(H,22,24)(H,23,25). The van der Waals surface area contributed by atoms with Gasteiger partial charge in [0.25, 0.3) is 0 Å². The Bertz CT molecular complexity index is 786. The molecule has 0 radical (unpaired) electrons. The molecule has 2 N–H and O–H groups in total. The summed E-state index contributed by atoms with van der Waals surface area (Å²) in [5.74, 6) is -0.489. The van der Waals surface area contributed by atoms with Gasteiger partial charge in [-0.15, -0.1) is 0 Å². The fourth-order valence-corrected chi connectivity index (χ4v) is 2.41. The van der Waals surface area contributed by atoms with Crippen molar-refractivity contribution in [3.8, 4) is 0 Å². The predicted octanol–water partition coefficient (Wildman–Crippen LogP) is 3.78. The number of anilines is 1. The molecule has 6 heteroatoms. The zero-order chi connectivity index (χ0) is 18.2. The third kappa shape index (κ3) is 6.66. The lowest BCUT2D eigenvalue weighted by atomic mass is 10.1. The molecule has 130 valence electrons. The van der Waals surface area contributed by atoms with E-state index in [1.807, 2.05) is 56.3 Å². The molecule has 0 bridgehead atoms. The highest BCUT2D eigenvalue weighted by Gasteiger charge is 2.07. The van der Waals surface area contributed by atoms with E-state index in [9.17, 15) is 9.59 Å². The molecule has 0 aliphatic carbocycles. The highest BCUT2D eigenvalue weighted by atomic mass is 127. The van der Waals surface area contributed by atoms with Gasteiger partial charge >= 0.3 is 0 Å². The number of carbonyl (C=O) groups excluding carboxylic acids is 2. The topological polar surface area (TPSA) is 70.6 Å². The molecule has 0 fully saturated rings. The van der Waals surface area contributed by atoms with Crippen LogP contribution >= 0.6 is 22.6 Å². The van der Waals surface area contributed by atoms with Crippen molar-refractivity contribution in [3.05, 3.63) is 62.7 Å². The Kier molecular flexibility index (Phi) is 7.12. The van der Waals surface area contributed by atoms with Crippen LogP contribution < -0.4 is 10.7 Å². The van der Waals surface area contributed by atoms with Crippen molar-refractivity contribution in [2.45, 2.75) is 26.7 Å². The highest BCUT2D eigenvalue weighted by Crippen LogP contribution is 2.14. The molecule has 0 aromatic heterocycles. The number of carbonyl (C=O) groups is 2. The molecule has 2 aromatic rings. The fraction of sp³-hybridized carbons (Fsp3) is 0.211. The molecule has 0 atom stereocenters. The van der Waals surface area contributed by atoms with Crippen LogP contribution in [0.15, 0.2) is 47.6 Å². The molecule has 0 heterocycles. The summed E-state index contributed by atoms with van der Waals surface area (Å²) in [5, 5.41) is 6.69. The van der Waals surface area contributed by atoms with Gasteiger partial charge in [-0.2, -0.15) is 5.10 Å². The lowest BCUT2D eigenvalue weighted by Crippen LogP contribution is -2.20. The van der Waals surface area contributed by atoms with Crippen molar-refractivity contribution in [1.82, 2.24) is 5.43 Å². The van der Waals surface area contributed by atoms with Gasteiger partial charge in [-0.3, -0.25) is 9.59 Å². The van der Waals surface area contributed by atoms with Crippen LogP contribution in [-0.4, -0.2) is 18.0 Å². The second-order valence-electron chi connectivity index (χ2n) is 5.69. The van der Waals surface area contributed by atoms with Crippen LogP contribution in [0.25, 0.3) is 0 Å². The van der Waals surface area contributed by atoms with Gasteiger partial charge in [0.1, 0.15) is 0 Å². The minimum absolute atomic E-state index is 0.0840. The molecule has 2 aromatic carbocycles. The fourth-order valence-electron chi connectivity index (χ4n) is 2.05. The van der Waals surface area contributed by atoms with Gasteiger partial charge < -0.3 is 5.32 Å². The summed E-state index contributed by atoms with van der Waals surface area (Å²) in [7, 11) is 0.